The van der Waals surface area contributed by atoms with Crippen LogP contribution < -0.4 is 11.6 Å². The minimum Gasteiger partial charge on any atom is -0.392 e. The predicted octanol–water partition coefficient (Wildman–Crippen LogP) is 1.87. The molecule has 0 amide bonds. The van der Waals surface area contributed by atoms with Crippen LogP contribution in [0.5, 0.6) is 0 Å². The molecule has 1 aromatic carbocycles. The smallest absolute Gasteiger partial charge is 0.0835 e. The molecule has 0 aliphatic carbocycles. The van der Waals surface area contributed by atoms with Gasteiger partial charge < -0.3 is 10.7 Å². The van der Waals surface area contributed by atoms with Gasteiger partial charge in [0.2, 0.25) is 0 Å². The number of benzene rings is 1. The Bertz CT molecular complexity index is 311. The molecular formula is C11H17N3S. The maximum atomic E-state index is 5.80. The molecule has 0 unspecified atom stereocenters. The second kappa shape index (κ2) is 6.37. The molecule has 0 aliphatic rings. The topological polar surface area (TPSA) is 55.3 Å². The third kappa shape index (κ3) is 4.76. The van der Waals surface area contributed by atoms with Gasteiger partial charge in [0.1, 0.15) is 0 Å². The lowest BCUT2D eigenvalue weighted by atomic mass is 10.2. The first-order valence-corrected chi connectivity index (χ1v) is 5.86. The van der Waals surface area contributed by atoms with Crippen LogP contribution in [-0.4, -0.2) is 11.6 Å². The summed E-state index contributed by atoms with van der Waals surface area (Å²) >= 11 is 1.59. The summed E-state index contributed by atoms with van der Waals surface area (Å²) in [5.74, 6) is 6.48. The molecule has 1 aromatic rings. The van der Waals surface area contributed by atoms with Gasteiger partial charge in [-0.2, -0.15) is 0 Å². The van der Waals surface area contributed by atoms with Crippen LogP contribution in [0.3, 0.4) is 0 Å². The molecular weight excluding hydrogens is 206 g/mol. The average Bonchev–Trinajstić information content (AvgIpc) is 2.27. The van der Waals surface area contributed by atoms with Gasteiger partial charge in [0.15, 0.2) is 0 Å². The summed E-state index contributed by atoms with van der Waals surface area (Å²) in [5.41, 5.74) is 7.06. The van der Waals surface area contributed by atoms with E-state index in [1.165, 1.54) is 5.56 Å². The van der Waals surface area contributed by atoms with E-state index in [1.54, 1.807) is 23.0 Å². The molecule has 0 atom stereocenters. The highest BCUT2D eigenvalue weighted by Crippen LogP contribution is 2.16. The summed E-state index contributed by atoms with van der Waals surface area (Å²) in [7, 11) is 0. The Balaban J connectivity index is 2.40. The van der Waals surface area contributed by atoms with Crippen LogP contribution >= 0.6 is 11.8 Å². The van der Waals surface area contributed by atoms with Crippen LogP contribution in [0.2, 0.25) is 0 Å². The Morgan fingerprint density at radius 1 is 1.40 bits per heavy atom. The van der Waals surface area contributed by atoms with E-state index in [0.717, 1.165) is 17.3 Å². The van der Waals surface area contributed by atoms with Gasteiger partial charge in [0, 0.05) is 18.5 Å². The van der Waals surface area contributed by atoms with Crippen molar-refractivity contribution in [2.45, 2.75) is 12.7 Å². The van der Waals surface area contributed by atoms with Gasteiger partial charge in [-0.25, -0.2) is 5.84 Å². The molecule has 0 aliphatic heterocycles. The highest BCUT2D eigenvalue weighted by atomic mass is 32.2. The van der Waals surface area contributed by atoms with Crippen molar-refractivity contribution < 1.29 is 0 Å². The molecule has 4 heteroatoms. The number of nitrogens with two attached hydrogens (primary N) is 2. The van der Waals surface area contributed by atoms with Crippen molar-refractivity contribution in [1.29, 1.82) is 0 Å². The van der Waals surface area contributed by atoms with Crippen LogP contribution in [-0.2, 0) is 5.75 Å². The van der Waals surface area contributed by atoms with E-state index in [0.29, 0.717) is 0 Å². The maximum Gasteiger partial charge on any atom is 0.0835 e. The van der Waals surface area contributed by atoms with E-state index in [9.17, 15) is 0 Å². The minimum absolute atomic E-state index is 0.739. The lowest BCUT2D eigenvalue weighted by molar-refractivity contribution is 0.415. The zero-order chi connectivity index (χ0) is 11.1. The monoisotopic (exact) mass is 223 g/mol. The first-order chi connectivity index (χ1) is 7.22. The first-order valence-electron chi connectivity index (χ1n) is 4.87. The number of nitrogens with zero attached hydrogens (tertiary/aromatic N) is 1. The SMILES string of the molecule is CCN(N)/C=C(\N)SCc1ccccc1. The predicted molar refractivity (Wildman–Crippen MR) is 66.6 cm³/mol. The molecule has 0 spiro atoms. The van der Waals surface area contributed by atoms with Crippen molar-refractivity contribution in [2.24, 2.45) is 11.6 Å². The molecule has 0 radical (unpaired) electrons. The number of hydrogen-bond donors (Lipinski definition) is 2. The van der Waals surface area contributed by atoms with Crippen molar-refractivity contribution in [2.75, 3.05) is 6.54 Å². The zero-order valence-corrected chi connectivity index (χ0v) is 9.70. The molecule has 15 heavy (non-hydrogen) atoms. The van der Waals surface area contributed by atoms with Gasteiger partial charge in [0.05, 0.1) is 5.03 Å². The Morgan fingerprint density at radius 3 is 2.67 bits per heavy atom. The van der Waals surface area contributed by atoms with Crippen molar-refractivity contribution >= 4 is 11.8 Å². The average molecular weight is 223 g/mol. The van der Waals surface area contributed by atoms with E-state index >= 15 is 0 Å². The van der Waals surface area contributed by atoms with Gasteiger partial charge >= 0.3 is 0 Å². The highest BCUT2D eigenvalue weighted by molar-refractivity contribution is 8.02. The molecule has 0 fully saturated rings. The van der Waals surface area contributed by atoms with Crippen LogP contribution in [0.1, 0.15) is 12.5 Å². The van der Waals surface area contributed by atoms with Gasteiger partial charge in [-0.15, -0.1) is 11.8 Å². The highest BCUT2D eigenvalue weighted by Gasteiger charge is 1.96. The molecule has 3 nitrogen and oxygen atoms in total. The largest absolute Gasteiger partial charge is 0.392 e. The van der Waals surface area contributed by atoms with E-state index in [-0.39, 0.29) is 0 Å². The second-order valence-corrected chi connectivity index (χ2v) is 4.18. The summed E-state index contributed by atoms with van der Waals surface area (Å²) in [4.78, 5) is 0. The van der Waals surface area contributed by atoms with E-state index < -0.39 is 0 Å². The summed E-state index contributed by atoms with van der Waals surface area (Å²) < 4.78 is 0. The number of hydrogen-bond acceptors (Lipinski definition) is 4. The normalized spacial score (nSPS) is 11.5. The molecule has 82 valence electrons. The fourth-order valence-corrected chi connectivity index (χ4v) is 1.77. The molecule has 0 bridgehead atoms. The van der Waals surface area contributed by atoms with E-state index in [1.807, 2.05) is 25.1 Å². The van der Waals surface area contributed by atoms with Gasteiger partial charge in [-0.1, -0.05) is 30.3 Å². The zero-order valence-electron chi connectivity index (χ0n) is 8.89. The molecule has 0 aromatic heterocycles. The maximum absolute atomic E-state index is 5.80. The Morgan fingerprint density at radius 2 is 2.07 bits per heavy atom. The molecule has 0 saturated heterocycles. The molecule has 4 N–H and O–H groups in total. The van der Waals surface area contributed by atoms with Crippen LogP contribution in [0.4, 0.5) is 0 Å². The minimum atomic E-state index is 0.739. The van der Waals surface area contributed by atoms with Crippen molar-refractivity contribution in [3.05, 3.63) is 47.1 Å². The summed E-state index contributed by atoms with van der Waals surface area (Å²) in [5, 5.41) is 2.32. The molecule has 0 saturated carbocycles. The fourth-order valence-electron chi connectivity index (χ4n) is 1.03. The van der Waals surface area contributed by atoms with Gasteiger partial charge in [-0.05, 0) is 12.5 Å². The summed E-state index contributed by atoms with van der Waals surface area (Å²) in [6, 6.07) is 10.2. The molecule has 1 rings (SSSR count). The van der Waals surface area contributed by atoms with E-state index in [4.69, 9.17) is 11.6 Å². The van der Waals surface area contributed by atoms with E-state index in [2.05, 4.69) is 12.1 Å². The third-order valence-electron chi connectivity index (χ3n) is 1.91. The summed E-state index contributed by atoms with van der Waals surface area (Å²) in [6.45, 7) is 2.73. The second-order valence-electron chi connectivity index (χ2n) is 3.14. The summed E-state index contributed by atoms with van der Waals surface area (Å²) in [6.07, 6.45) is 1.76. The quantitative estimate of drug-likeness (QED) is 0.591. The van der Waals surface area contributed by atoms with Crippen LogP contribution in [0, 0.1) is 0 Å². The van der Waals surface area contributed by atoms with Gasteiger partial charge in [-0.3, -0.25) is 0 Å². The lowest BCUT2D eigenvalue weighted by Crippen LogP contribution is -2.25. The lowest BCUT2D eigenvalue weighted by Gasteiger charge is -2.11. The number of thioether (sulfide) groups is 1. The van der Waals surface area contributed by atoms with Gasteiger partial charge in [0.25, 0.3) is 0 Å². The fraction of sp³-hybridized carbons (Fsp3) is 0.273. The van der Waals surface area contributed by atoms with Crippen molar-refractivity contribution in [3.63, 3.8) is 0 Å². The molecule has 0 heterocycles. The van der Waals surface area contributed by atoms with Crippen LogP contribution in [0.15, 0.2) is 41.6 Å². The number of rotatable bonds is 5. The van der Waals surface area contributed by atoms with Crippen LogP contribution in [0.25, 0.3) is 0 Å². The standard InChI is InChI=1S/C11H17N3S/c1-2-14(13)8-11(12)15-9-10-6-4-3-5-7-10/h3-8H,2,9,12-13H2,1H3/b11-8+. The Kier molecular flexibility index (Phi) is 5.07. The van der Waals surface area contributed by atoms with Crippen molar-refractivity contribution in [3.8, 4) is 0 Å². The van der Waals surface area contributed by atoms with Crippen molar-refractivity contribution in [1.82, 2.24) is 5.01 Å². The first kappa shape index (κ1) is 11.9. The Labute approximate surface area is 95.1 Å². The third-order valence-corrected chi connectivity index (χ3v) is 2.82. The Hall–Kier alpha value is -1.13. The number of hydrazine groups is 1.